The molecule has 30 heavy (non-hydrogen) atoms. The summed E-state index contributed by atoms with van der Waals surface area (Å²) in [6.45, 7) is 8.49. The SMILES string of the molecule is Cc1ccc(C)c(OCCCC(C)(C)C(=O)Oc2ccc(-c3cc(=S)ss3)cc2)c1. The van der Waals surface area contributed by atoms with Gasteiger partial charge in [-0.25, -0.2) is 0 Å². The van der Waals surface area contributed by atoms with Crippen molar-refractivity contribution in [3.8, 4) is 21.9 Å². The highest BCUT2D eigenvalue weighted by molar-refractivity contribution is 7.80. The second kappa shape index (κ2) is 9.86. The lowest BCUT2D eigenvalue weighted by molar-refractivity contribution is -0.144. The van der Waals surface area contributed by atoms with Crippen LogP contribution in [0.2, 0.25) is 0 Å². The van der Waals surface area contributed by atoms with Crippen LogP contribution in [0, 0.1) is 23.1 Å². The van der Waals surface area contributed by atoms with Crippen molar-refractivity contribution >= 4 is 38.9 Å². The standard InChI is InChI=1S/C24H26O3S3/c1-16-6-7-17(2)20(14-16)26-13-5-12-24(3,4)23(25)27-19-10-8-18(9-11-19)21-15-22(28)30-29-21/h6-11,14-15H,5,12-13H2,1-4H3. The summed E-state index contributed by atoms with van der Waals surface area (Å²) in [5.74, 6) is 1.24. The van der Waals surface area contributed by atoms with Crippen molar-refractivity contribution in [2.75, 3.05) is 6.61 Å². The van der Waals surface area contributed by atoms with Gasteiger partial charge in [-0.3, -0.25) is 4.79 Å². The van der Waals surface area contributed by atoms with Gasteiger partial charge in [-0.05, 0) is 93.6 Å². The fourth-order valence-corrected chi connectivity index (χ4v) is 5.37. The lowest BCUT2D eigenvalue weighted by Crippen LogP contribution is -2.29. The number of hydrogen-bond donors (Lipinski definition) is 0. The molecule has 0 amide bonds. The van der Waals surface area contributed by atoms with Crippen molar-refractivity contribution < 1.29 is 14.3 Å². The summed E-state index contributed by atoms with van der Waals surface area (Å²) in [6.07, 6.45) is 1.46. The van der Waals surface area contributed by atoms with Gasteiger partial charge < -0.3 is 9.47 Å². The van der Waals surface area contributed by atoms with Gasteiger partial charge in [0.05, 0.1) is 12.0 Å². The van der Waals surface area contributed by atoms with E-state index in [1.165, 1.54) is 5.56 Å². The van der Waals surface area contributed by atoms with Crippen LogP contribution < -0.4 is 9.47 Å². The minimum absolute atomic E-state index is 0.229. The minimum atomic E-state index is -0.587. The van der Waals surface area contributed by atoms with Gasteiger partial charge >= 0.3 is 5.97 Å². The molecule has 1 heterocycles. The van der Waals surface area contributed by atoms with Crippen molar-refractivity contribution in [2.45, 2.75) is 40.5 Å². The Labute approximate surface area is 190 Å². The van der Waals surface area contributed by atoms with E-state index in [9.17, 15) is 4.79 Å². The van der Waals surface area contributed by atoms with Crippen LogP contribution in [0.1, 0.15) is 37.8 Å². The van der Waals surface area contributed by atoms with Gasteiger partial charge in [0, 0.05) is 4.88 Å². The maximum atomic E-state index is 12.7. The van der Waals surface area contributed by atoms with Crippen molar-refractivity contribution in [1.29, 1.82) is 0 Å². The molecule has 0 aliphatic rings. The molecular formula is C24H26O3S3. The summed E-state index contributed by atoms with van der Waals surface area (Å²) in [5.41, 5.74) is 2.79. The van der Waals surface area contributed by atoms with E-state index < -0.39 is 5.41 Å². The Hall–Kier alpha value is -2.02. The Morgan fingerprint density at radius 3 is 2.43 bits per heavy atom. The number of carbonyl (C=O) groups is 1. The fraction of sp³-hybridized carbons (Fsp3) is 0.333. The molecule has 1 aromatic heterocycles. The number of hydrogen-bond acceptors (Lipinski definition) is 6. The zero-order valence-electron chi connectivity index (χ0n) is 17.7. The fourth-order valence-electron chi connectivity index (χ4n) is 2.97. The van der Waals surface area contributed by atoms with Crippen LogP contribution in [0.3, 0.4) is 0 Å². The Kier molecular flexibility index (Phi) is 7.45. The third kappa shape index (κ3) is 6.00. The molecule has 0 radical (unpaired) electrons. The monoisotopic (exact) mass is 458 g/mol. The van der Waals surface area contributed by atoms with Gasteiger partial charge in [-0.15, -0.1) is 0 Å². The molecular weight excluding hydrogens is 432 g/mol. The van der Waals surface area contributed by atoms with E-state index in [-0.39, 0.29) is 5.97 Å². The van der Waals surface area contributed by atoms with E-state index in [1.54, 1.807) is 20.7 Å². The van der Waals surface area contributed by atoms with E-state index in [0.717, 1.165) is 32.0 Å². The van der Waals surface area contributed by atoms with Crippen LogP contribution in [0.5, 0.6) is 11.5 Å². The molecule has 0 unspecified atom stereocenters. The highest BCUT2D eigenvalue weighted by Gasteiger charge is 2.29. The lowest BCUT2D eigenvalue weighted by Gasteiger charge is -2.22. The van der Waals surface area contributed by atoms with Gasteiger partial charge in [-0.1, -0.05) is 45.0 Å². The molecule has 0 fully saturated rings. The van der Waals surface area contributed by atoms with Crippen molar-refractivity contribution in [3.63, 3.8) is 0 Å². The van der Waals surface area contributed by atoms with Gasteiger partial charge in [0.25, 0.3) is 0 Å². The summed E-state index contributed by atoms with van der Waals surface area (Å²) in [4.78, 5) is 13.8. The number of carbonyl (C=O) groups excluding carboxylic acids is 1. The van der Waals surface area contributed by atoms with Crippen molar-refractivity contribution in [1.82, 2.24) is 0 Å². The summed E-state index contributed by atoms with van der Waals surface area (Å²) >= 11 is 5.19. The average Bonchev–Trinajstić information content (AvgIpc) is 3.14. The Balaban J connectivity index is 1.51. The zero-order valence-corrected chi connectivity index (χ0v) is 20.1. The average molecular weight is 459 g/mol. The van der Waals surface area contributed by atoms with Crippen molar-refractivity contribution in [3.05, 3.63) is 63.5 Å². The molecule has 0 atom stereocenters. The first-order valence-corrected chi connectivity index (χ1v) is 12.4. The van der Waals surface area contributed by atoms with E-state index in [1.807, 2.05) is 57.2 Å². The first kappa shape index (κ1) is 22.7. The quantitative estimate of drug-likeness (QED) is 0.114. The highest BCUT2D eigenvalue weighted by Crippen LogP contribution is 2.31. The first-order chi connectivity index (χ1) is 14.2. The van der Waals surface area contributed by atoms with Crippen LogP contribution >= 0.6 is 32.9 Å². The number of benzene rings is 2. The summed E-state index contributed by atoms with van der Waals surface area (Å²) in [6, 6.07) is 15.8. The molecule has 0 spiro atoms. The molecule has 0 saturated carbocycles. The maximum absolute atomic E-state index is 12.7. The Bertz CT molecular complexity index is 1060. The third-order valence-corrected chi connectivity index (χ3v) is 7.82. The summed E-state index contributed by atoms with van der Waals surface area (Å²) in [7, 11) is 3.24. The van der Waals surface area contributed by atoms with Crippen molar-refractivity contribution in [2.24, 2.45) is 5.41 Å². The summed E-state index contributed by atoms with van der Waals surface area (Å²) < 4.78 is 12.4. The van der Waals surface area contributed by atoms with Gasteiger partial charge in [0.2, 0.25) is 0 Å². The van der Waals surface area contributed by atoms with Crippen LogP contribution in [0.4, 0.5) is 0 Å². The predicted octanol–water partition coefficient (Wildman–Crippen LogP) is 7.61. The maximum Gasteiger partial charge on any atom is 0.316 e. The number of ether oxygens (including phenoxy) is 2. The van der Waals surface area contributed by atoms with E-state index >= 15 is 0 Å². The minimum Gasteiger partial charge on any atom is -0.493 e. The molecule has 3 aromatic rings. The summed E-state index contributed by atoms with van der Waals surface area (Å²) in [5, 5.41) is 0. The van der Waals surface area contributed by atoms with E-state index in [0.29, 0.717) is 18.8 Å². The van der Waals surface area contributed by atoms with E-state index in [2.05, 4.69) is 19.1 Å². The molecule has 6 heteroatoms. The van der Waals surface area contributed by atoms with Gasteiger partial charge in [-0.2, -0.15) is 0 Å². The van der Waals surface area contributed by atoms with Crippen LogP contribution in [-0.4, -0.2) is 12.6 Å². The van der Waals surface area contributed by atoms with Crippen LogP contribution in [0.25, 0.3) is 10.4 Å². The third-order valence-electron chi connectivity index (χ3n) is 4.91. The molecule has 0 aliphatic heterocycles. The Morgan fingerprint density at radius 2 is 1.77 bits per heavy atom. The van der Waals surface area contributed by atoms with Gasteiger partial charge in [0.1, 0.15) is 15.3 Å². The highest BCUT2D eigenvalue weighted by atomic mass is 32.9. The molecule has 158 valence electrons. The normalized spacial score (nSPS) is 11.3. The molecule has 0 saturated heterocycles. The molecule has 0 aliphatic carbocycles. The number of esters is 1. The van der Waals surface area contributed by atoms with Crippen LogP contribution in [-0.2, 0) is 4.79 Å². The molecule has 0 N–H and O–H groups in total. The topological polar surface area (TPSA) is 35.5 Å². The lowest BCUT2D eigenvalue weighted by atomic mass is 9.88. The Morgan fingerprint density at radius 1 is 1.03 bits per heavy atom. The predicted molar refractivity (Wildman–Crippen MR) is 129 cm³/mol. The molecule has 3 nitrogen and oxygen atoms in total. The first-order valence-electron chi connectivity index (χ1n) is 9.87. The number of aryl methyl sites for hydroxylation is 2. The van der Waals surface area contributed by atoms with Crippen LogP contribution in [0.15, 0.2) is 48.5 Å². The molecule has 0 bridgehead atoms. The number of rotatable bonds is 8. The molecule has 3 rings (SSSR count). The second-order valence-corrected chi connectivity index (χ2v) is 10.9. The van der Waals surface area contributed by atoms with Gasteiger partial charge in [0.15, 0.2) is 0 Å². The second-order valence-electron chi connectivity index (χ2n) is 8.01. The zero-order chi connectivity index (χ0) is 21.7. The van der Waals surface area contributed by atoms with E-state index in [4.69, 9.17) is 21.7 Å². The smallest absolute Gasteiger partial charge is 0.316 e. The largest absolute Gasteiger partial charge is 0.493 e. The molecule has 2 aromatic carbocycles.